The second kappa shape index (κ2) is 13.2. The van der Waals surface area contributed by atoms with Gasteiger partial charge in [0.1, 0.15) is 0 Å². The van der Waals surface area contributed by atoms with Crippen molar-refractivity contribution in [2.24, 2.45) is 11.8 Å². The van der Waals surface area contributed by atoms with Gasteiger partial charge < -0.3 is 17.9 Å². The van der Waals surface area contributed by atoms with Crippen LogP contribution in [0.25, 0.3) is 0 Å². The van der Waals surface area contributed by atoms with Gasteiger partial charge in [0.05, 0.1) is 105 Å². The number of piperazine rings is 6. The van der Waals surface area contributed by atoms with Crippen LogP contribution in [0.5, 0.6) is 0 Å². The van der Waals surface area contributed by atoms with E-state index < -0.39 is 0 Å². The van der Waals surface area contributed by atoms with Gasteiger partial charge in [-0.2, -0.15) is 0 Å². The van der Waals surface area contributed by atoms with Crippen LogP contribution < -0.4 is 0 Å². The molecule has 0 aliphatic carbocycles. The molecular weight excluding hydrogens is 516 g/mol. The Hall–Kier alpha value is -0.240. The summed E-state index contributed by atoms with van der Waals surface area (Å²) in [7, 11) is 0. The number of quaternary nitrogens is 4. The maximum absolute atomic E-state index is 2.66. The summed E-state index contributed by atoms with van der Waals surface area (Å²) in [5.74, 6) is 2.23. The maximum Gasteiger partial charge on any atom is 0.0916 e. The third kappa shape index (κ3) is 7.09. The molecule has 0 aromatic carbocycles. The highest BCUT2D eigenvalue weighted by Crippen LogP contribution is 2.35. The SMILES string of the molecule is C(CC[N+]12CCC(CC1)CC2)CC[N+]12CCC(CC1)CC2.C(CC[N+]12CCN(CC1)CC2)CC[N+]12CCN(CC1)CC2. The number of nitrogens with zero attached hydrogens (tertiary/aromatic N) is 6. The van der Waals surface area contributed by atoms with E-state index >= 15 is 0 Å². The first-order valence-corrected chi connectivity index (χ1v) is 19.4. The smallest absolute Gasteiger partial charge is 0.0916 e. The maximum atomic E-state index is 2.66. The number of rotatable bonds is 12. The predicted molar refractivity (Wildman–Crippen MR) is 174 cm³/mol. The van der Waals surface area contributed by atoms with Crippen molar-refractivity contribution >= 4 is 0 Å². The zero-order valence-corrected chi connectivity index (χ0v) is 27.9. The molecule has 12 saturated heterocycles. The summed E-state index contributed by atoms with van der Waals surface area (Å²) in [5, 5.41) is 0. The number of unbranched alkanes of at least 4 members (excludes halogenated alkanes) is 4. The quantitative estimate of drug-likeness (QED) is 0.253. The molecule has 6 nitrogen and oxygen atoms in total. The van der Waals surface area contributed by atoms with Crippen molar-refractivity contribution < 1.29 is 17.9 Å². The molecule has 6 heteroatoms. The molecule has 0 unspecified atom stereocenters. The number of hydrogen-bond acceptors (Lipinski definition) is 2. The first-order valence-electron chi connectivity index (χ1n) is 19.4. The molecule has 8 bridgehead atoms. The Morgan fingerprint density at radius 1 is 0.310 bits per heavy atom. The van der Waals surface area contributed by atoms with E-state index in [0.717, 1.165) is 11.8 Å². The van der Waals surface area contributed by atoms with Crippen LogP contribution in [0.15, 0.2) is 0 Å². The van der Waals surface area contributed by atoms with Gasteiger partial charge in [-0.05, 0) is 88.9 Å². The van der Waals surface area contributed by atoms with Crippen molar-refractivity contribution in [3.63, 3.8) is 0 Å². The van der Waals surface area contributed by atoms with Crippen molar-refractivity contribution in [3.8, 4) is 0 Å². The normalized spacial score (nSPS) is 45.1. The fourth-order valence-electron chi connectivity index (χ4n) is 11.2. The van der Waals surface area contributed by atoms with Crippen molar-refractivity contribution in [2.45, 2.75) is 77.0 Å². The van der Waals surface area contributed by atoms with Crippen LogP contribution >= 0.6 is 0 Å². The minimum absolute atomic E-state index is 1.11. The standard InChI is InChI=1S/C19H36N2.C17H34N4/c2*1(2-10-20-12-4-18(5-13-20)6-14-20)3-11-21-15-7-19(8-16-21)9-17-21/h18-19H,1-17H2;1-17H2/q2*+2. The van der Waals surface area contributed by atoms with E-state index in [-0.39, 0.29) is 0 Å². The summed E-state index contributed by atoms with van der Waals surface area (Å²) in [6.07, 6.45) is 18.2. The average Bonchev–Trinajstić information content (AvgIpc) is 3.08. The van der Waals surface area contributed by atoms with Gasteiger partial charge in [-0.15, -0.1) is 0 Å². The first-order chi connectivity index (χ1) is 20.6. The van der Waals surface area contributed by atoms with Crippen molar-refractivity contribution in [1.82, 2.24) is 9.80 Å². The van der Waals surface area contributed by atoms with E-state index in [4.69, 9.17) is 0 Å². The summed E-state index contributed by atoms with van der Waals surface area (Å²) < 4.78 is 5.95. The van der Waals surface area contributed by atoms with Gasteiger partial charge in [0.25, 0.3) is 0 Å². The Morgan fingerprint density at radius 2 is 0.548 bits per heavy atom. The molecule has 240 valence electrons. The second-order valence-corrected chi connectivity index (χ2v) is 17.2. The van der Waals surface area contributed by atoms with Gasteiger partial charge in [0.15, 0.2) is 0 Å². The molecule has 12 aliphatic rings. The second-order valence-electron chi connectivity index (χ2n) is 17.2. The van der Waals surface area contributed by atoms with Crippen molar-refractivity contribution in [3.05, 3.63) is 0 Å². The minimum Gasteiger partial charge on any atom is -0.324 e. The Balaban J connectivity index is 0.000000137. The van der Waals surface area contributed by atoms with Gasteiger partial charge in [0, 0.05) is 39.3 Å². The molecule has 0 amide bonds. The highest BCUT2D eigenvalue weighted by atomic mass is 15.5. The molecule has 0 aromatic heterocycles. The lowest BCUT2D eigenvalue weighted by molar-refractivity contribution is -0.944. The topological polar surface area (TPSA) is 6.48 Å². The van der Waals surface area contributed by atoms with Crippen molar-refractivity contribution in [1.29, 1.82) is 0 Å². The molecule has 42 heavy (non-hydrogen) atoms. The third-order valence-corrected chi connectivity index (χ3v) is 14.9. The highest BCUT2D eigenvalue weighted by molar-refractivity contribution is 4.74. The monoisotopic (exact) mass is 587 g/mol. The summed E-state index contributed by atoms with van der Waals surface area (Å²) in [6.45, 7) is 32.0. The molecule has 12 aliphatic heterocycles. The molecule has 0 N–H and O–H groups in total. The zero-order chi connectivity index (χ0) is 28.4. The number of piperidine rings is 6. The van der Waals surface area contributed by atoms with Crippen LogP contribution in [0.2, 0.25) is 0 Å². The molecule has 12 heterocycles. The lowest BCUT2D eigenvalue weighted by Gasteiger charge is -2.51. The van der Waals surface area contributed by atoms with Crippen LogP contribution in [0.3, 0.4) is 0 Å². The zero-order valence-electron chi connectivity index (χ0n) is 27.9. The van der Waals surface area contributed by atoms with Crippen LogP contribution in [0, 0.1) is 11.8 Å². The van der Waals surface area contributed by atoms with Gasteiger partial charge in [-0.3, -0.25) is 9.80 Å². The first kappa shape index (κ1) is 30.4. The molecule has 12 fully saturated rings. The molecule has 0 atom stereocenters. The van der Waals surface area contributed by atoms with Gasteiger partial charge in [0.2, 0.25) is 0 Å². The fourth-order valence-corrected chi connectivity index (χ4v) is 11.2. The van der Waals surface area contributed by atoms with Crippen LogP contribution in [0.4, 0.5) is 0 Å². The van der Waals surface area contributed by atoms with E-state index in [1.54, 1.807) is 38.5 Å². The van der Waals surface area contributed by atoms with Crippen LogP contribution in [-0.4, -0.2) is 172 Å². The molecule has 12 rings (SSSR count). The van der Waals surface area contributed by atoms with Gasteiger partial charge in [-0.25, -0.2) is 0 Å². The summed E-state index contributed by atoms with van der Waals surface area (Å²) >= 11 is 0. The summed E-state index contributed by atoms with van der Waals surface area (Å²) in [5.41, 5.74) is 0. The summed E-state index contributed by atoms with van der Waals surface area (Å²) in [6, 6.07) is 0. The number of fused-ring (bicyclic) bond motifs is 12. The molecule has 0 radical (unpaired) electrons. The van der Waals surface area contributed by atoms with Crippen molar-refractivity contribution in [2.75, 3.05) is 144 Å². The van der Waals surface area contributed by atoms with Gasteiger partial charge >= 0.3 is 0 Å². The van der Waals surface area contributed by atoms with E-state index in [9.17, 15) is 0 Å². The van der Waals surface area contributed by atoms with E-state index in [1.807, 2.05) is 0 Å². The largest absolute Gasteiger partial charge is 0.324 e. The Bertz CT molecular complexity index is 650. The third-order valence-electron chi connectivity index (χ3n) is 14.9. The Morgan fingerprint density at radius 3 is 0.810 bits per heavy atom. The van der Waals surface area contributed by atoms with E-state index in [0.29, 0.717) is 0 Å². The lowest BCUT2D eigenvalue weighted by Crippen LogP contribution is -2.67. The lowest BCUT2D eigenvalue weighted by atomic mass is 9.85. The fraction of sp³-hybridized carbons (Fsp3) is 1.00. The predicted octanol–water partition coefficient (Wildman–Crippen LogP) is 3.87. The molecule has 0 saturated carbocycles. The molecule has 0 aromatic rings. The van der Waals surface area contributed by atoms with E-state index in [1.165, 1.54) is 200 Å². The van der Waals surface area contributed by atoms with Crippen LogP contribution in [0.1, 0.15) is 77.0 Å². The molecular formula is C36H70N6+4. The number of hydrogen-bond donors (Lipinski definition) is 0. The Kier molecular flexibility index (Phi) is 9.59. The molecule has 0 spiro atoms. The average molecular weight is 587 g/mol. The van der Waals surface area contributed by atoms with E-state index in [2.05, 4.69) is 9.80 Å². The summed E-state index contributed by atoms with van der Waals surface area (Å²) in [4.78, 5) is 5.32. The van der Waals surface area contributed by atoms with Crippen LogP contribution in [-0.2, 0) is 0 Å². The minimum atomic E-state index is 1.11. The van der Waals surface area contributed by atoms with Gasteiger partial charge in [-0.1, -0.05) is 0 Å². The Labute approximate surface area is 260 Å². The highest BCUT2D eigenvalue weighted by Gasteiger charge is 2.41.